The number of nitrogens with zero attached hydrogens (tertiary/aromatic N) is 5. The third-order valence-corrected chi connectivity index (χ3v) is 3.09. The van der Waals surface area contributed by atoms with Crippen LogP contribution in [0.5, 0.6) is 0 Å². The molecule has 3 N–H and O–H groups in total. The average molecular weight is 329 g/mol. The molecule has 3 aromatic rings. The van der Waals surface area contributed by atoms with Gasteiger partial charge in [0.1, 0.15) is 17.7 Å². The van der Waals surface area contributed by atoms with Gasteiger partial charge >= 0.3 is 0 Å². The first-order valence-electron chi connectivity index (χ1n) is 6.84. The van der Waals surface area contributed by atoms with Crippen molar-refractivity contribution in [3.8, 4) is 11.6 Å². The van der Waals surface area contributed by atoms with Gasteiger partial charge in [0.05, 0.1) is 18.4 Å². The Labute approximate surface area is 135 Å². The molecule has 24 heavy (non-hydrogen) atoms. The lowest BCUT2D eigenvalue weighted by molar-refractivity contribution is 0.0945. The number of carbonyl (C=O) groups is 1. The first-order chi connectivity index (χ1) is 11.6. The molecule has 0 unspecified atom stereocenters. The zero-order valence-corrected chi connectivity index (χ0v) is 12.5. The number of oxazole rings is 1. The van der Waals surface area contributed by atoms with Gasteiger partial charge in [0.2, 0.25) is 11.8 Å². The number of hydrogen-bond donors (Lipinski definition) is 2. The maximum Gasteiger partial charge on any atom is 0.274 e. The molecule has 0 saturated heterocycles. The van der Waals surface area contributed by atoms with Crippen molar-refractivity contribution in [2.75, 3.05) is 5.73 Å². The van der Waals surface area contributed by atoms with Gasteiger partial charge in [0, 0.05) is 12.4 Å². The van der Waals surface area contributed by atoms with Crippen LogP contribution in [0.25, 0.3) is 11.6 Å². The quantitative estimate of drug-likeness (QED) is 0.720. The molecular weight excluding hydrogens is 317 g/mol. The Morgan fingerprint density at radius 1 is 1.25 bits per heavy atom. The number of nitrogens with one attached hydrogen (secondary N) is 1. The second kappa shape index (κ2) is 6.36. The molecule has 0 aliphatic rings. The van der Waals surface area contributed by atoms with E-state index in [1.165, 1.54) is 24.9 Å². The fourth-order valence-corrected chi connectivity index (χ4v) is 1.96. The molecule has 122 valence electrons. The number of anilines is 1. The van der Waals surface area contributed by atoms with E-state index in [0.29, 0.717) is 11.4 Å². The Bertz CT molecular complexity index is 883. The van der Waals surface area contributed by atoms with Crippen LogP contribution < -0.4 is 11.1 Å². The van der Waals surface area contributed by atoms with Crippen molar-refractivity contribution in [1.82, 2.24) is 30.2 Å². The molecule has 0 radical (unpaired) electrons. The van der Waals surface area contributed by atoms with Gasteiger partial charge < -0.3 is 15.5 Å². The first-order valence-corrected chi connectivity index (χ1v) is 6.84. The lowest BCUT2D eigenvalue weighted by Crippen LogP contribution is -2.27. The van der Waals surface area contributed by atoms with Crippen molar-refractivity contribution in [2.45, 2.75) is 13.5 Å². The summed E-state index contributed by atoms with van der Waals surface area (Å²) in [7, 11) is 0. The summed E-state index contributed by atoms with van der Waals surface area (Å²) in [5.41, 5.74) is 6.48. The maximum atomic E-state index is 13.4. The zero-order chi connectivity index (χ0) is 17.1. The molecular formula is C14H12FN7O2. The van der Waals surface area contributed by atoms with E-state index < -0.39 is 11.9 Å². The van der Waals surface area contributed by atoms with Crippen LogP contribution in [0, 0.1) is 12.9 Å². The van der Waals surface area contributed by atoms with Crippen LogP contribution >= 0.6 is 0 Å². The van der Waals surface area contributed by atoms with Crippen LogP contribution in [0.3, 0.4) is 0 Å². The summed E-state index contributed by atoms with van der Waals surface area (Å²) < 4.78 is 18.5. The Balaban J connectivity index is 1.80. The Morgan fingerprint density at radius 3 is 2.75 bits per heavy atom. The van der Waals surface area contributed by atoms with Gasteiger partial charge in [-0.25, -0.2) is 19.9 Å². The third-order valence-electron chi connectivity index (χ3n) is 3.09. The minimum atomic E-state index is -0.757. The molecule has 0 aromatic carbocycles. The summed E-state index contributed by atoms with van der Waals surface area (Å²) in [6.07, 6.45) is 5.40. The molecule has 1 amide bonds. The molecule has 0 spiro atoms. The van der Waals surface area contributed by atoms with Gasteiger partial charge in [-0.15, -0.1) is 0 Å². The van der Waals surface area contributed by atoms with Crippen LogP contribution in [-0.4, -0.2) is 30.8 Å². The number of halogens is 1. The second-order valence-electron chi connectivity index (χ2n) is 4.71. The van der Waals surface area contributed by atoms with Crippen molar-refractivity contribution in [1.29, 1.82) is 0 Å². The molecule has 3 heterocycles. The molecule has 0 atom stereocenters. The number of aryl methyl sites for hydroxylation is 1. The zero-order valence-electron chi connectivity index (χ0n) is 12.5. The maximum absolute atomic E-state index is 13.4. The Hall–Kier alpha value is -3.43. The van der Waals surface area contributed by atoms with Crippen LogP contribution in [0.2, 0.25) is 0 Å². The highest BCUT2D eigenvalue weighted by atomic mass is 19.1. The van der Waals surface area contributed by atoms with E-state index in [9.17, 15) is 9.18 Å². The van der Waals surface area contributed by atoms with Crippen LogP contribution in [0.4, 0.5) is 10.2 Å². The minimum Gasteiger partial charge on any atom is -0.443 e. The predicted molar refractivity (Wildman–Crippen MR) is 79.8 cm³/mol. The number of nitrogen functional groups attached to an aromatic ring is 1. The topological polar surface area (TPSA) is 133 Å². The number of aromatic nitrogens is 5. The van der Waals surface area contributed by atoms with Gasteiger partial charge in [-0.05, 0) is 6.92 Å². The molecule has 9 nitrogen and oxygen atoms in total. The monoisotopic (exact) mass is 329 g/mol. The van der Waals surface area contributed by atoms with Gasteiger partial charge in [0.25, 0.3) is 5.91 Å². The Kier molecular flexibility index (Phi) is 4.10. The smallest absolute Gasteiger partial charge is 0.274 e. The van der Waals surface area contributed by atoms with Crippen molar-refractivity contribution in [3.63, 3.8) is 0 Å². The van der Waals surface area contributed by atoms with E-state index in [0.717, 1.165) is 0 Å². The van der Waals surface area contributed by atoms with E-state index in [1.54, 1.807) is 6.92 Å². The average Bonchev–Trinajstić information content (AvgIpc) is 3.10. The van der Waals surface area contributed by atoms with E-state index in [2.05, 4.69) is 30.2 Å². The number of hydrogen-bond acceptors (Lipinski definition) is 8. The second-order valence-corrected chi connectivity index (χ2v) is 4.71. The molecule has 0 aliphatic carbocycles. The fraction of sp³-hybridized carbons (Fsp3) is 0.143. The summed E-state index contributed by atoms with van der Waals surface area (Å²) in [6, 6.07) is 0. The molecule has 3 rings (SSSR count). The molecule has 3 aromatic heterocycles. The third kappa shape index (κ3) is 3.02. The van der Waals surface area contributed by atoms with Gasteiger partial charge in [-0.1, -0.05) is 0 Å². The van der Waals surface area contributed by atoms with Crippen molar-refractivity contribution in [3.05, 3.63) is 47.9 Å². The van der Waals surface area contributed by atoms with Crippen LogP contribution in [-0.2, 0) is 6.54 Å². The molecule has 0 fully saturated rings. The summed E-state index contributed by atoms with van der Waals surface area (Å²) in [6.45, 7) is 1.49. The minimum absolute atomic E-state index is 0.00510. The highest BCUT2D eigenvalue weighted by Crippen LogP contribution is 2.20. The highest BCUT2D eigenvalue weighted by molar-refractivity contribution is 5.96. The summed E-state index contributed by atoms with van der Waals surface area (Å²) in [5.74, 6) is -1.20. The van der Waals surface area contributed by atoms with Gasteiger partial charge in [-0.3, -0.25) is 9.78 Å². The Morgan fingerprint density at radius 2 is 2.04 bits per heavy atom. The highest BCUT2D eigenvalue weighted by Gasteiger charge is 2.19. The molecule has 10 heteroatoms. The number of carbonyl (C=O) groups excluding carboxylic acids is 1. The van der Waals surface area contributed by atoms with E-state index in [4.69, 9.17) is 10.2 Å². The normalized spacial score (nSPS) is 10.6. The largest absolute Gasteiger partial charge is 0.443 e. The van der Waals surface area contributed by atoms with E-state index in [1.807, 2.05) is 0 Å². The number of rotatable bonds is 4. The van der Waals surface area contributed by atoms with Crippen LogP contribution in [0.1, 0.15) is 21.9 Å². The predicted octanol–water partition coefficient (Wildman–Crippen LogP) is 0.881. The first kappa shape index (κ1) is 15.5. The van der Waals surface area contributed by atoms with Crippen molar-refractivity contribution in [2.24, 2.45) is 0 Å². The lowest BCUT2D eigenvalue weighted by atomic mass is 10.2. The number of amides is 1. The van der Waals surface area contributed by atoms with Crippen molar-refractivity contribution < 1.29 is 13.6 Å². The molecule has 0 bridgehead atoms. The molecule has 0 aliphatic heterocycles. The van der Waals surface area contributed by atoms with Crippen molar-refractivity contribution >= 4 is 11.7 Å². The SMILES string of the molecule is Cc1nc(C(=O)NCc2nccnc2F)c(N)nc1-c1ncco1. The van der Waals surface area contributed by atoms with E-state index in [-0.39, 0.29) is 29.6 Å². The van der Waals surface area contributed by atoms with E-state index >= 15 is 0 Å². The number of nitrogens with two attached hydrogens (primary N) is 1. The fourth-order valence-electron chi connectivity index (χ4n) is 1.96. The lowest BCUT2D eigenvalue weighted by Gasteiger charge is -2.09. The molecule has 0 saturated carbocycles. The summed E-state index contributed by atoms with van der Waals surface area (Å²) >= 11 is 0. The van der Waals surface area contributed by atoms with Crippen LogP contribution in [0.15, 0.2) is 29.3 Å². The summed E-state index contributed by atoms with van der Waals surface area (Å²) in [5, 5.41) is 2.48. The van der Waals surface area contributed by atoms with Gasteiger partial charge in [-0.2, -0.15) is 4.39 Å². The van der Waals surface area contributed by atoms with Gasteiger partial charge in [0.15, 0.2) is 11.5 Å². The summed E-state index contributed by atoms with van der Waals surface area (Å²) in [4.78, 5) is 31.6. The standard InChI is InChI=1S/C14H12FN7O2/c1-7-9(14-19-4-5-24-14)22-12(16)10(21-7)13(23)20-6-8-11(15)18-3-2-17-8/h2-5H,6H2,1H3,(H2,16,22)(H,20,23).